The maximum absolute atomic E-state index is 12.1. The van der Waals surface area contributed by atoms with Crippen molar-refractivity contribution in [2.75, 3.05) is 7.05 Å². The number of likely N-dealkylation sites (tertiary alicyclic amines) is 1. The van der Waals surface area contributed by atoms with Crippen molar-refractivity contribution in [1.29, 1.82) is 0 Å². The largest absolute Gasteiger partial charge is 0.481 e. The summed E-state index contributed by atoms with van der Waals surface area (Å²) in [6.45, 7) is 0. The Balaban J connectivity index is 1.99. The minimum absolute atomic E-state index is 0.209. The van der Waals surface area contributed by atoms with E-state index in [2.05, 4.69) is 5.32 Å². The molecule has 1 saturated carbocycles. The molecule has 7 heteroatoms. The third kappa shape index (κ3) is 2.66. The average molecular weight is 282 g/mol. The first-order chi connectivity index (χ1) is 9.41. The lowest BCUT2D eigenvalue weighted by molar-refractivity contribution is -0.150. The molecule has 2 fully saturated rings. The van der Waals surface area contributed by atoms with Gasteiger partial charge >= 0.3 is 5.97 Å². The lowest BCUT2D eigenvalue weighted by Crippen LogP contribution is -2.54. The molecule has 1 aliphatic heterocycles. The van der Waals surface area contributed by atoms with Crippen LogP contribution in [0.15, 0.2) is 0 Å². The van der Waals surface area contributed by atoms with Crippen LogP contribution in [0.2, 0.25) is 0 Å². The highest BCUT2D eigenvalue weighted by Crippen LogP contribution is 2.32. The summed E-state index contributed by atoms with van der Waals surface area (Å²) in [4.78, 5) is 47.4. The van der Waals surface area contributed by atoms with Gasteiger partial charge in [0.1, 0.15) is 6.04 Å². The van der Waals surface area contributed by atoms with E-state index in [0.717, 1.165) is 4.90 Å². The average Bonchev–Trinajstić information content (AvgIpc) is 2.89. The summed E-state index contributed by atoms with van der Waals surface area (Å²) in [5.74, 6) is -3.30. The fourth-order valence-electron chi connectivity index (χ4n) is 2.90. The Morgan fingerprint density at radius 1 is 1.20 bits per heavy atom. The van der Waals surface area contributed by atoms with Crippen molar-refractivity contribution in [1.82, 2.24) is 10.2 Å². The molecule has 1 aliphatic carbocycles. The van der Waals surface area contributed by atoms with Crippen molar-refractivity contribution in [2.45, 2.75) is 38.1 Å². The van der Waals surface area contributed by atoms with Crippen molar-refractivity contribution in [3.63, 3.8) is 0 Å². The molecule has 0 bridgehead atoms. The van der Waals surface area contributed by atoms with Gasteiger partial charge in [-0.2, -0.15) is 0 Å². The molecule has 0 radical (unpaired) electrons. The molecule has 1 heterocycles. The van der Waals surface area contributed by atoms with Gasteiger partial charge in [-0.05, 0) is 19.3 Å². The first kappa shape index (κ1) is 14.5. The second-order valence-electron chi connectivity index (χ2n) is 5.37. The van der Waals surface area contributed by atoms with E-state index < -0.39 is 35.7 Å². The predicted molar refractivity (Wildman–Crippen MR) is 67.4 cm³/mol. The molecular formula is C13H18N2O5. The highest BCUT2D eigenvalue weighted by Gasteiger charge is 2.40. The van der Waals surface area contributed by atoms with Gasteiger partial charge in [-0.15, -0.1) is 0 Å². The first-order valence-electron chi connectivity index (χ1n) is 6.75. The highest BCUT2D eigenvalue weighted by atomic mass is 16.4. The molecule has 3 atom stereocenters. The van der Waals surface area contributed by atoms with Gasteiger partial charge in [0.05, 0.1) is 11.8 Å². The monoisotopic (exact) mass is 282 g/mol. The summed E-state index contributed by atoms with van der Waals surface area (Å²) in [6.07, 6.45) is 2.20. The summed E-state index contributed by atoms with van der Waals surface area (Å²) >= 11 is 0. The van der Waals surface area contributed by atoms with Crippen LogP contribution in [-0.4, -0.2) is 46.8 Å². The van der Waals surface area contributed by atoms with E-state index in [9.17, 15) is 19.2 Å². The zero-order valence-electron chi connectivity index (χ0n) is 11.3. The normalized spacial score (nSPS) is 30.4. The van der Waals surface area contributed by atoms with Gasteiger partial charge < -0.3 is 10.4 Å². The molecule has 0 aromatic heterocycles. The van der Waals surface area contributed by atoms with Gasteiger partial charge in [0.2, 0.25) is 11.8 Å². The number of carboxylic acids is 1. The van der Waals surface area contributed by atoms with Crippen molar-refractivity contribution in [3.05, 3.63) is 0 Å². The number of nitrogens with zero attached hydrogens (tertiary/aromatic N) is 1. The Labute approximate surface area is 116 Å². The number of imide groups is 1. The quantitative estimate of drug-likeness (QED) is 0.695. The maximum Gasteiger partial charge on any atom is 0.307 e. The molecule has 3 amide bonds. The Morgan fingerprint density at radius 3 is 2.50 bits per heavy atom. The van der Waals surface area contributed by atoms with Crippen LogP contribution in [0.3, 0.4) is 0 Å². The van der Waals surface area contributed by atoms with Crippen LogP contribution >= 0.6 is 0 Å². The van der Waals surface area contributed by atoms with Crippen molar-refractivity contribution in [3.8, 4) is 0 Å². The molecule has 3 unspecified atom stereocenters. The number of hydrogen-bond acceptors (Lipinski definition) is 4. The van der Waals surface area contributed by atoms with Gasteiger partial charge in [0.25, 0.3) is 5.91 Å². The Bertz CT molecular complexity index is 462. The third-order valence-corrected chi connectivity index (χ3v) is 4.14. The van der Waals surface area contributed by atoms with E-state index in [1.807, 2.05) is 0 Å². The number of carbonyl (C=O) groups is 4. The predicted octanol–water partition coefficient (Wildman–Crippen LogP) is -0.249. The Hall–Kier alpha value is -1.92. The number of carbonyl (C=O) groups excluding carboxylic acids is 3. The lowest BCUT2D eigenvalue weighted by atomic mass is 9.94. The number of aliphatic carboxylic acids is 1. The van der Waals surface area contributed by atoms with Crippen LogP contribution in [0.25, 0.3) is 0 Å². The first-order valence-corrected chi connectivity index (χ1v) is 6.75. The van der Waals surface area contributed by atoms with E-state index in [1.54, 1.807) is 0 Å². The van der Waals surface area contributed by atoms with E-state index in [1.165, 1.54) is 7.05 Å². The van der Waals surface area contributed by atoms with Gasteiger partial charge in [0, 0.05) is 13.5 Å². The highest BCUT2D eigenvalue weighted by molar-refractivity contribution is 6.01. The SMILES string of the molecule is CN1C(=O)CCC(NC(=O)C2CCCC2C(=O)O)C1=O. The molecule has 0 spiro atoms. The second kappa shape index (κ2) is 5.60. The molecule has 7 nitrogen and oxygen atoms in total. The summed E-state index contributed by atoms with van der Waals surface area (Å²) in [5.41, 5.74) is 0. The number of carboxylic acid groups (broad SMARTS) is 1. The molecule has 20 heavy (non-hydrogen) atoms. The molecule has 2 rings (SSSR count). The summed E-state index contributed by atoms with van der Waals surface area (Å²) in [6, 6.07) is -0.722. The number of hydrogen-bond donors (Lipinski definition) is 2. The number of amides is 3. The van der Waals surface area contributed by atoms with E-state index in [4.69, 9.17) is 5.11 Å². The number of piperidine rings is 1. The smallest absolute Gasteiger partial charge is 0.307 e. The van der Waals surface area contributed by atoms with E-state index in [0.29, 0.717) is 19.3 Å². The zero-order valence-corrected chi connectivity index (χ0v) is 11.3. The van der Waals surface area contributed by atoms with Gasteiger partial charge in [-0.25, -0.2) is 0 Å². The summed E-state index contributed by atoms with van der Waals surface area (Å²) < 4.78 is 0. The summed E-state index contributed by atoms with van der Waals surface area (Å²) in [5, 5.41) is 11.7. The third-order valence-electron chi connectivity index (χ3n) is 4.14. The Kier molecular flexibility index (Phi) is 4.06. The van der Waals surface area contributed by atoms with Crippen LogP contribution in [0, 0.1) is 11.8 Å². The molecule has 0 aromatic carbocycles. The van der Waals surface area contributed by atoms with Crippen molar-refractivity contribution < 1.29 is 24.3 Å². The second-order valence-corrected chi connectivity index (χ2v) is 5.37. The minimum Gasteiger partial charge on any atom is -0.481 e. The molecule has 0 aromatic rings. The number of nitrogens with one attached hydrogen (secondary N) is 1. The van der Waals surface area contributed by atoms with Gasteiger partial charge in [-0.1, -0.05) is 6.42 Å². The fourth-order valence-corrected chi connectivity index (χ4v) is 2.90. The van der Waals surface area contributed by atoms with Crippen LogP contribution in [0.1, 0.15) is 32.1 Å². The Morgan fingerprint density at radius 2 is 1.85 bits per heavy atom. The molecule has 2 N–H and O–H groups in total. The maximum atomic E-state index is 12.1. The topological polar surface area (TPSA) is 104 Å². The van der Waals surface area contributed by atoms with Crippen molar-refractivity contribution >= 4 is 23.7 Å². The van der Waals surface area contributed by atoms with Gasteiger partial charge in [-0.3, -0.25) is 24.1 Å². The molecule has 2 aliphatic rings. The minimum atomic E-state index is -0.968. The molecule has 1 saturated heterocycles. The van der Waals surface area contributed by atoms with E-state index in [-0.39, 0.29) is 18.7 Å². The fraction of sp³-hybridized carbons (Fsp3) is 0.692. The summed E-state index contributed by atoms with van der Waals surface area (Å²) in [7, 11) is 1.39. The lowest BCUT2D eigenvalue weighted by Gasteiger charge is -2.29. The van der Waals surface area contributed by atoms with Crippen LogP contribution in [0.5, 0.6) is 0 Å². The van der Waals surface area contributed by atoms with Crippen LogP contribution < -0.4 is 5.32 Å². The number of likely N-dealkylation sites (N-methyl/N-ethyl adjacent to an activating group) is 1. The van der Waals surface area contributed by atoms with Crippen LogP contribution in [0.4, 0.5) is 0 Å². The molecule has 110 valence electrons. The number of rotatable bonds is 3. The molecular weight excluding hydrogens is 264 g/mol. The van der Waals surface area contributed by atoms with Crippen molar-refractivity contribution in [2.24, 2.45) is 11.8 Å². The van der Waals surface area contributed by atoms with Crippen LogP contribution in [-0.2, 0) is 19.2 Å². The standard InChI is InChI=1S/C13H18N2O5/c1-15-10(16)6-5-9(12(15)18)14-11(17)7-3-2-4-8(7)13(19)20/h7-9H,2-6H2,1H3,(H,14,17)(H,19,20). The van der Waals surface area contributed by atoms with E-state index >= 15 is 0 Å². The van der Waals surface area contributed by atoms with Gasteiger partial charge in [0.15, 0.2) is 0 Å². The zero-order chi connectivity index (χ0) is 14.9.